The number of nitrogens with one attached hydrogen (secondary N) is 1. The summed E-state index contributed by atoms with van der Waals surface area (Å²) in [5, 5.41) is 0. The van der Waals surface area contributed by atoms with Crippen molar-refractivity contribution in [1.82, 2.24) is 19.5 Å². The molecule has 2 aromatic heterocycles. The molecule has 6 nitrogen and oxygen atoms in total. The lowest BCUT2D eigenvalue weighted by Crippen LogP contribution is -2.11. The maximum Gasteiger partial charge on any atom is 0.219 e. The first-order valence-corrected chi connectivity index (χ1v) is 3.42. The molecule has 0 bridgehead atoms. The predicted molar refractivity (Wildman–Crippen MR) is 44.1 cm³/mol. The smallest absolute Gasteiger partial charge is 0.219 e. The van der Waals surface area contributed by atoms with Crippen molar-refractivity contribution in [3.05, 3.63) is 12.5 Å². The van der Waals surface area contributed by atoms with Crippen molar-refractivity contribution in [2.75, 3.05) is 5.43 Å². The molecule has 2 aromatic rings. The van der Waals surface area contributed by atoms with Crippen molar-refractivity contribution in [2.45, 2.75) is 0 Å². The summed E-state index contributed by atoms with van der Waals surface area (Å²) in [6, 6.07) is 0. The second-order valence-corrected chi connectivity index (χ2v) is 2.37. The molecular weight excluding hydrogens is 156 g/mol. The summed E-state index contributed by atoms with van der Waals surface area (Å²) in [6.07, 6.45) is 3.12. The third-order valence-electron chi connectivity index (χ3n) is 1.66. The van der Waals surface area contributed by atoms with Crippen molar-refractivity contribution >= 4 is 17.1 Å². The molecule has 0 aliphatic rings. The number of hydrogen-bond donors (Lipinski definition) is 2. The van der Waals surface area contributed by atoms with Crippen LogP contribution in [0.3, 0.4) is 0 Å². The van der Waals surface area contributed by atoms with Gasteiger partial charge in [-0.05, 0) is 0 Å². The molecule has 0 unspecified atom stereocenters. The first-order valence-electron chi connectivity index (χ1n) is 3.42. The zero-order valence-corrected chi connectivity index (χ0v) is 6.52. The van der Waals surface area contributed by atoms with Gasteiger partial charge in [-0.25, -0.2) is 20.8 Å². The van der Waals surface area contributed by atoms with E-state index < -0.39 is 0 Å². The molecule has 6 heteroatoms. The number of fused-ring (bicyclic) bond motifs is 1. The zero-order valence-electron chi connectivity index (χ0n) is 6.52. The summed E-state index contributed by atoms with van der Waals surface area (Å²) in [7, 11) is 1.83. The number of aryl methyl sites for hydroxylation is 1. The lowest BCUT2D eigenvalue weighted by Gasteiger charge is -1.97. The van der Waals surface area contributed by atoms with E-state index in [4.69, 9.17) is 5.84 Å². The van der Waals surface area contributed by atoms with Gasteiger partial charge in [0.2, 0.25) is 5.95 Å². The van der Waals surface area contributed by atoms with Gasteiger partial charge in [-0.2, -0.15) is 0 Å². The number of rotatable bonds is 1. The van der Waals surface area contributed by atoms with Gasteiger partial charge in [0.1, 0.15) is 11.8 Å². The van der Waals surface area contributed by atoms with Gasteiger partial charge in [0.15, 0.2) is 5.65 Å². The fraction of sp³-hybridized carbons (Fsp3) is 0.167. The van der Waals surface area contributed by atoms with Crippen LogP contribution in [0.15, 0.2) is 12.5 Å². The fourth-order valence-corrected chi connectivity index (χ4v) is 1.07. The Morgan fingerprint density at radius 1 is 1.58 bits per heavy atom. The number of hydrazine groups is 1. The highest BCUT2D eigenvalue weighted by Gasteiger charge is 2.05. The van der Waals surface area contributed by atoms with Crippen LogP contribution in [0.25, 0.3) is 11.2 Å². The lowest BCUT2D eigenvalue weighted by molar-refractivity contribution is 0.925. The molecule has 0 amide bonds. The Hall–Kier alpha value is -1.69. The zero-order chi connectivity index (χ0) is 8.55. The Kier molecular flexibility index (Phi) is 1.41. The van der Waals surface area contributed by atoms with Gasteiger partial charge in [0.05, 0.1) is 6.20 Å². The van der Waals surface area contributed by atoms with Gasteiger partial charge in [-0.15, -0.1) is 0 Å². The summed E-state index contributed by atoms with van der Waals surface area (Å²) in [5.74, 6) is 5.81. The van der Waals surface area contributed by atoms with E-state index in [1.54, 1.807) is 10.8 Å². The third kappa shape index (κ3) is 0.817. The van der Waals surface area contributed by atoms with Gasteiger partial charge >= 0.3 is 0 Å². The fourth-order valence-electron chi connectivity index (χ4n) is 1.07. The van der Waals surface area contributed by atoms with Gasteiger partial charge in [-0.3, -0.25) is 9.99 Å². The molecule has 2 rings (SSSR count). The molecule has 0 aliphatic heterocycles. The van der Waals surface area contributed by atoms with Crippen LogP contribution in [0.2, 0.25) is 0 Å². The molecular formula is C6H8N6. The average molecular weight is 164 g/mol. The van der Waals surface area contributed by atoms with Gasteiger partial charge < -0.3 is 0 Å². The molecule has 0 atom stereocenters. The minimum atomic E-state index is 0.575. The predicted octanol–water partition coefficient (Wildman–Crippen LogP) is -0.351. The SMILES string of the molecule is Cn1c(NN)nc2cncnc21. The van der Waals surface area contributed by atoms with Crippen molar-refractivity contribution < 1.29 is 0 Å². The summed E-state index contributed by atoms with van der Waals surface area (Å²) >= 11 is 0. The van der Waals surface area contributed by atoms with Crippen LogP contribution in [0, 0.1) is 0 Å². The van der Waals surface area contributed by atoms with Gasteiger partial charge in [-0.1, -0.05) is 0 Å². The minimum Gasteiger partial charge on any atom is -0.297 e. The molecule has 0 saturated carbocycles. The highest BCUT2D eigenvalue weighted by Crippen LogP contribution is 2.12. The van der Waals surface area contributed by atoms with Crippen LogP contribution in [0.4, 0.5) is 5.95 Å². The summed E-state index contributed by atoms with van der Waals surface area (Å²) in [5.41, 5.74) is 3.96. The quantitative estimate of drug-likeness (QED) is 0.444. The standard InChI is InChI=1S/C6H8N6/c1-12-5-4(2-8-3-9-5)10-6(12)11-7/h2-3H,7H2,1H3,(H,10,11). The number of nitrogens with zero attached hydrogens (tertiary/aromatic N) is 4. The van der Waals surface area contributed by atoms with E-state index >= 15 is 0 Å². The van der Waals surface area contributed by atoms with E-state index in [0.717, 1.165) is 11.2 Å². The maximum absolute atomic E-state index is 5.23. The van der Waals surface area contributed by atoms with Gasteiger partial charge in [0.25, 0.3) is 0 Å². The second-order valence-electron chi connectivity index (χ2n) is 2.37. The molecule has 3 N–H and O–H groups in total. The first-order chi connectivity index (χ1) is 5.83. The highest BCUT2D eigenvalue weighted by atomic mass is 15.3. The molecule has 0 spiro atoms. The van der Waals surface area contributed by atoms with E-state index in [-0.39, 0.29) is 0 Å². The van der Waals surface area contributed by atoms with Crippen LogP contribution in [-0.2, 0) is 7.05 Å². The normalized spacial score (nSPS) is 10.5. The Balaban J connectivity index is 2.78. The molecule has 0 saturated heterocycles. The van der Waals surface area contributed by atoms with Crippen LogP contribution in [0.1, 0.15) is 0 Å². The number of nitrogens with two attached hydrogens (primary N) is 1. The Labute approximate surface area is 68.4 Å². The average Bonchev–Trinajstić information content (AvgIpc) is 2.44. The van der Waals surface area contributed by atoms with Gasteiger partial charge in [0, 0.05) is 7.05 Å². The topological polar surface area (TPSA) is 81.7 Å². The minimum absolute atomic E-state index is 0.575. The molecule has 12 heavy (non-hydrogen) atoms. The summed E-state index contributed by atoms with van der Waals surface area (Å²) < 4.78 is 1.76. The van der Waals surface area contributed by atoms with E-state index in [9.17, 15) is 0 Å². The van der Waals surface area contributed by atoms with Crippen molar-refractivity contribution in [2.24, 2.45) is 12.9 Å². The molecule has 0 aliphatic carbocycles. The summed E-state index contributed by atoms with van der Waals surface area (Å²) in [6.45, 7) is 0. The lowest BCUT2D eigenvalue weighted by atomic mass is 10.6. The molecule has 2 heterocycles. The van der Waals surface area contributed by atoms with E-state index in [0.29, 0.717) is 5.95 Å². The molecule has 0 fully saturated rings. The summed E-state index contributed by atoms with van der Waals surface area (Å²) in [4.78, 5) is 12.0. The Morgan fingerprint density at radius 3 is 3.08 bits per heavy atom. The van der Waals surface area contributed by atoms with Crippen LogP contribution < -0.4 is 11.3 Å². The number of aromatic nitrogens is 4. The number of anilines is 1. The van der Waals surface area contributed by atoms with E-state index in [1.807, 2.05) is 7.05 Å². The van der Waals surface area contributed by atoms with Crippen molar-refractivity contribution in [3.63, 3.8) is 0 Å². The van der Waals surface area contributed by atoms with Crippen LogP contribution >= 0.6 is 0 Å². The first kappa shape index (κ1) is 6.99. The van der Waals surface area contributed by atoms with Crippen molar-refractivity contribution in [1.29, 1.82) is 0 Å². The molecule has 62 valence electrons. The van der Waals surface area contributed by atoms with E-state index in [1.165, 1.54) is 6.33 Å². The molecule has 0 radical (unpaired) electrons. The monoisotopic (exact) mass is 164 g/mol. The molecule has 0 aromatic carbocycles. The third-order valence-corrected chi connectivity index (χ3v) is 1.66. The number of nitrogen functional groups attached to an aromatic ring is 1. The Morgan fingerprint density at radius 2 is 2.42 bits per heavy atom. The van der Waals surface area contributed by atoms with Crippen LogP contribution in [-0.4, -0.2) is 19.5 Å². The number of imidazole rings is 1. The highest BCUT2D eigenvalue weighted by molar-refractivity contribution is 5.72. The second kappa shape index (κ2) is 2.42. The van der Waals surface area contributed by atoms with E-state index in [2.05, 4.69) is 20.4 Å². The van der Waals surface area contributed by atoms with Crippen molar-refractivity contribution in [3.8, 4) is 0 Å². The number of hydrogen-bond acceptors (Lipinski definition) is 5. The maximum atomic E-state index is 5.23. The van der Waals surface area contributed by atoms with Crippen LogP contribution in [0.5, 0.6) is 0 Å². The Bertz CT molecular complexity index is 405. The largest absolute Gasteiger partial charge is 0.297 e.